The van der Waals surface area contributed by atoms with Crippen LogP contribution in [0.2, 0.25) is 0 Å². The molecule has 0 spiro atoms. The van der Waals surface area contributed by atoms with Gasteiger partial charge in [0.05, 0.1) is 5.56 Å². The van der Waals surface area contributed by atoms with Gasteiger partial charge in [-0.05, 0) is 18.1 Å². The van der Waals surface area contributed by atoms with Crippen LogP contribution in [0.25, 0.3) is 0 Å². The lowest BCUT2D eigenvalue weighted by Gasteiger charge is -2.17. The van der Waals surface area contributed by atoms with Gasteiger partial charge in [0.2, 0.25) is 5.95 Å². The van der Waals surface area contributed by atoms with Gasteiger partial charge in [0.15, 0.2) is 0 Å². The van der Waals surface area contributed by atoms with Crippen LogP contribution >= 0.6 is 0 Å². The molecule has 0 aliphatic carbocycles. The van der Waals surface area contributed by atoms with Crippen LogP contribution in [-0.2, 0) is 4.79 Å². The minimum atomic E-state index is -1.15. The summed E-state index contributed by atoms with van der Waals surface area (Å²) >= 11 is 0. The predicted molar refractivity (Wildman–Crippen MR) is 57.9 cm³/mol. The van der Waals surface area contributed by atoms with Crippen LogP contribution in [0.4, 0.5) is 4.39 Å². The number of amides is 1. The molecule has 0 aromatic carbocycles. The van der Waals surface area contributed by atoms with Crippen molar-refractivity contribution in [2.45, 2.75) is 19.9 Å². The molecule has 1 amide bonds. The van der Waals surface area contributed by atoms with Crippen molar-refractivity contribution in [1.29, 1.82) is 0 Å². The first kappa shape index (κ1) is 13.1. The maximum Gasteiger partial charge on any atom is 0.326 e. The molecule has 0 bridgehead atoms. The molecule has 92 valence electrons. The summed E-state index contributed by atoms with van der Waals surface area (Å²) in [7, 11) is 0. The van der Waals surface area contributed by atoms with Gasteiger partial charge in [0, 0.05) is 6.20 Å². The second-order valence-corrected chi connectivity index (χ2v) is 3.88. The molecule has 0 aliphatic rings. The van der Waals surface area contributed by atoms with Gasteiger partial charge in [-0.2, -0.15) is 4.39 Å². The van der Waals surface area contributed by atoms with E-state index in [-0.39, 0.29) is 11.5 Å². The number of pyridine rings is 1. The molecular formula is C11H13FN2O3. The number of hydrogen-bond donors (Lipinski definition) is 2. The van der Waals surface area contributed by atoms with E-state index < -0.39 is 23.9 Å². The summed E-state index contributed by atoms with van der Waals surface area (Å²) in [6.45, 7) is 3.30. The number of carbonyl (C=O) groups excluding carboxylic acids is 1. The van der Waals surface area contributed by atoms with Gasteiger partial charge in [-0.25, -0.2) is 9.78 Å². The molecule has 0 unspecified atom stereocenters. The molecule has 1 atom stereocenters. The molecule has 1 rings (SSSR count). The average Bonchev–Trinajstić information content (AvgIpc) is 2.25. The lowest BCUT2D eigenvalue weighted by atomic mass is 10.0. The first-order valence-electron chi connectivity index (χ1n) is 5.07. The van der Waals surface area contributed by atoms with Gasteiger partial charge in [-0.3, -0.25) is 4.79 Å². The second-order valence-electron chi connectivity index (χ2n) is 3.88. The molecule has 0 saturated heterocycles. The van der Waals surface area contributed by atoms with Crippen LogP contribution in [0, 0.1) is 11.9 Å². The summed E-state index contributed by atoms with van der Waals surface area (Å²) in [4.78, 5) is 25.8. The summed E-state index contributed by atoms with van der Waals surface area (Å²) in [6, 6.07) is 1.60. The van der Waals surface area contributed by atoms with Crippen molar-refractivity contribution in [3.63, 3.8) is 0 Å². The Kier molecular flexibility index (Phi) is 4.14. The van der Waals surface area contributed by atoms with Crippen LogP contribution in [0.5, 0.6) is 0 Å². The number of aromatic nitrogens is 1. The smallest absolute Gasteiger partial charge is 0.326 e. The maximum absolute atomic E-state index is 13.2. The molecule has 0 radical (unpaired) electrons. The van der Waals surface area contributed by atoms with Crippen LogP contribution in [0.3, 0.4) is 0 Å². The van der Waals surface area contributed by atoms with E-state index in [4.69, 9.17) is 5.11 Å². The van der Waals surface area contributed by atoms with E-state index in [0.717, 1.165) is 0 Å². The Morgan fingerprint density at radius 3 is 2.59 bits per heavy atom. The molecule has 1 heterocycles. The third-order valence-corrected chi connectivity index (χ3v) is 2.22. The molecular weight excluding hydrogens is 227 g/mol. The summed E-state index contributed by atoms with van der Waals surface area (Å²) < 4.78 is 13.2. The van der Waals surface area contributed by atoms with Gasteiger partial charge in [-0.1, -0.05) is 13.8 Å². The highest BCUT2D eigenvalue weighted by Crippen LogP contribution is 2.06. The number of nitrogens with one attached hydrogen (secondary N) is 1. The number of halogens is 1. The summed E-state index contributed by atoms with van der Waals surface area (Å²) in [5.74, 6) is -3.15. The number of nitrogens with zero attached hydrogens (tertiary/aromatic N) is 1. The largest absolute Gasteiger partial charge is 0.480 e. The lowest BCUT2D eigenvalue weighted by Crippen LogP contribution is -2.44. The summed E-state index contributed by atoms with van der Waals surface area (Å²) in [5.41, 5.74) is -0.264. The van der Waals surface area contributed by atoms with Crippen molar-refractivity contribution in [2.24, 2.45) is 5.92 Å². The fraction of sp³-hybridized carbons (Fsp3) is 0.364. The van der Waals surface area contributed by atoms with Crippen molar-refractivity contribution in [1.82, 2.24) is 10.3 Å². The number of aliphatic carboxylic acids is 1. The Morgan fingerprint density at radius 1 is 1.47 bits per heavy atom. The predicted octanol–water partition coefficient (Wildman–Crippen LogP) is 1.06. The number of carboxylic acid groups (broad SMARTS) is 1. The number of hydrogen-bond acceptors (Lipinski definition) is 3. The fourth-order valence-electron chi connectivity index (χ4n) is 1.29. The minimum Gasteiger partial charge on any atom is -0.480 e. The fourth-order valence-corrected chi connectivity index (χ4v) is 1.29. The van der Waals surface area contributed by atoms with Crippen molar-refractivity contribution >= 4 is 11.9 Å². The van der Waals surface area contributed by atoms with E-state index >= 15 is 0 Å². The minimum absolute atomic E-state index is 0.264. The molecule has 1 aromatic rings. The van der Waals surface area contributed by atoms with Crippen LogP contribution in [0.1, 0.15) is 24.2 Å². The zero-order valence-electron chi connectivity index (χ0n) is 9.48. The second kappa shape index (κ2) is 5.38. The zero-order chi connectivity index (χ0) is 13.0. The monoisotopic (exact) mass is 240 g/mol. The van der Waals surface area contributed by atoms with Crippen molar-refractivity contribution in [3.8, 4) is 0 Å². The van der Waals surface area contributed by atoms with E-state index in [1.54, 1.807) is 13.8 Å². The number of carbonyl (C=O) groups is 2. The molecule has 0 saturated carbocycles. The van der Waals surface area contributed by atoms with Crippen molar-refractivity contribution in [3.05, 3.63) is 29.8 Å². The Hall–Kier alpha value is -1.98. The number of carboxylic acids is 1. The van der Waals surface area contributed by atoms with Crippen LogP contribution < -0.4 is 5.32 Å². The Balaban J connectivity index is 2.85. The zero-order valence-corrected chi connectivity index (χ0v) is 9.48. The van der Waals surface area contributed by atoms with E-state index in [9.17, 15) is 14.0 Å². The van der Waals surface area contributed by atoms with Gasteiger partial charge < -0.3 is 10.4 Å². The number of rotatable bonds is 4. The topological polar surface area (TPSA) is 79.3 Å². The molecule has 17 heavy (non-hydrogen) atoms. The van der Waals surface area contributed by atoms with Gasteiger partial charge in [0.1, 0.15) is 6.04 Å². The van der Waals surface area contributed by atoms with E-state index in [1.165, 1.54) is 18.3 Å². The van der Waals surface area contributed by atoms with E-state index in [2.05, 4.69) is 10.3 Å². The van der Waals surface area contributed by atoms with Gasteiger partial charge >= 0.3 is 5.97 Å². The lowest BCUT2D eigenvalue weighted by molar-refractivity contribution is -0.140. The highest BCUT2D eigenvalue weighted by Gasteiger charge is 2.25. The normalized spacial score (nSPS) is 12.2. The molecule has 0 aliphatic heterocycles. The van der Waals surface area contributed by atoms with E-state index in [0.29, 0.717) is 0 Å². The quantitative estimate of drug-likeness (QED) is 0.771. The maximum atomic E-state index is 13.2. The third-order valence-electron chi connectivity index (χ3n) is 2.22. The average molecular weight is 240 g/mol. The Labute approximate surface area is 97.7 Å². The molecule has 5 nitrogen and oxygen atoms in total. The van der Waals surface area contributed by atoms with Crippen molar-refractivity contribution in [2.75, 3.05) is 0 Å². The molecule has 6 heteroatoms. The standard InChI is InChI=1S/C11H13FN2O3/c1-6(2)8(11(16)17)14-10(15)7-4-3-5-13-9(7)12/h3-6,8H,1-2H3,(H,14,15)(H,16,17)/t8-/m1/s1. The highest BCUT2D eigenvalue weighted by atomic mass is 19.1. The van der Waals surface area contributed by atoms with E-state index in [1.807, 2.05) is 0 Å². The van der Waals surface area contributed by atoms with Gasteiger partial charge in [-0.15, -0.1) is 0 Å². The van der Waals surface area contributed by atoms with Crippen LogP contribution in [0.15, 0.2) is 18.3 Å². The summed E-state index contributed by atoms with van der Waals surface area (Å²) in [6.07, 6.45) is 1.21. The first-order valence-corrected chi connectivity index (χ1v) is 5.07. The highest BCUT2D eigenvalue weighted by molar-refractivity contribution is 5.96. The van der Waals surface area contributed by atoms with Gasteiger partial charge in [0.25, 0.3) is 5.91 Å². The first-order chi connectivity index (χ1) is 7.93. The summed E-state index contributed by atoms with van der Waals surface area (Å²) in [5, 5.41) is 11.1. The SMILES string of the molecule is CC(C)[C@@H](NC(=O)c1cccnc1F)C(=O)O. The molecule has 0 fully saturated rings. The van der Waals surface area contributed by atoms with Crippen molar-refractivity contribution < 1.29 is 19.1 Å². The Morgan fingerprint density at radius 2 is 2.12 bits per heavy atom. The van der Waals surface area contributed by atoms with Crippen LogP contribution in [-0.4, -0.2) is 28.0 Å². The molecule has 2 N–H and O–H groups in total. The molecule has 1 aromatic heterocycles. The third kappa shape index (κ3) is 3.24. The Bertz CT molecular complexity index is 434.